The lowest BCUT2D eigenvalue weighted by Gasteiger charge is -2.07. The van der Waals surface area contributed by atoms with Crippen LogP contribution in [0, 0.1) is 11.6 Å². The minimum atomic E-state index is -1.02. The Morgan fingerprint density at radius 1 is 1.10 bits per heavy atom. The minimum absolute atomic E-state index is 0.0685. The molecular weight excluding hydrogens is 339 g/mol. The zero-order valence-electron chi connectivity index (χ0n) is 10.5. The van der Waals surface area contributed by atoms with Gasteiger partial charge in [0.2, 0.25) is 5.91 Å². The molecule has 2 nitrogen and oxygen atoms in total. The van der Waals surface area contributed by atoms with E-state index >= 15 is 0 Å². The summed E-state index contributed by atoms with van der Waals surface area (Å²) < 4.78 is 25.8. The Bertz CT molecular complexity index is 682. The van der Waals surface area contributed by atoms with Gasteiger partial charge >= 0.3 is 0 Å². The van der Waals surface area contributed by atoms with Crippen LogP contribution < -0.4 is 5.32 Å². The molecule has 0 heterocycles. The second kappa shape index (κ2) is 7.11. The number of halogens is 4. The summed E-state index contributed by atoms with van der Waals surface area (Å²) in [5.74, 6) is -2.27. The Morgan fingerprint density at radius 3 is 2.57 bits per heavy atom. The number of rotatable bonds is 4. The van der Waals surface area contributed by atoms with Crippen molar-refractivity contribution in [2.24, 2.45) is 0 Å². The molecule has 2 aromatic rings. The Hall–Kier alpha value is -1.30. The van der Waals surface area contributed by atoms with Gasteiger partial charge in [-0.05, 0) is 30.3 Å². The van der Waals surface area contributed by atoms with Crippen molar-refractivity contribution in [2.75, 3.05) is 11.1 Å². The summed E-state index contributed by atoms with van der Waals surface area (Å²) in [5.41, 5.74) is 0.191. The Labute approximate surface area is 134 Å². The highest BCUT2D eigenvalue weighted by Crippen LogP contribution is 2.29. The number of hydrogen-bond acceptors (Lipinski definition) is 2. The fourth-order valence-electron chi connectivity index (χ4n) is 1.50. The SMILES string of the molecule is O=C(CSc1cc(Cl)ccc1Cl)Nc1ccc(F)c(F)c1. The lowest BCUT2D eigenvalue weighted by atomic mass is 10.3. The van der Waals surface area contributed by atoms with E-state index in [2.05, 4.69) is 5.32 Å². The van der Waals surface area contributed by atoms with Crippen molar-refractivity contribution in [3.8, 4) is 0 Å². The third-order valence-corrected chi connectivity index (χ3v) is 4.19. The molecule has 110 valence electrons. The van der Waals surface area contributed by atoms with E-state index in [9.17, 15) is 13.6 Å². The first-order valence-corrected chi connectivity index (χ1v) is 7.52. The van der Waals surface area contributed by atoms with Crippen molar-refractivity contribution in [3.63, 3.8) is 0 Å². The summed E-state index contributed by atoms with van der Waals surface area (Å²) in [7, 11) is 0. The van der Waals surface area contributed by atoms with Gasteiger partial charge in [0.05, 0.1) is 10.8 Å². The number of benzene rings is 2. The average molecular weight is 348 g/mol. The van der Waals surface area contributed by atoms with Crippen molar-refractivity contribution in [1.29, 1.82) is 0 Å². The van der Waals surface area contributed by atoms with Gasteiger partial charge in [-0.25, -0.2) is 8.78 Å². The molecule has 0 aliphatic carbocycles. The molecule has 2 rings (SSSR count). The Morgan fingerprint density at radius 2 is 1.86 bits per heavy atom. The second-order valence-electron chi connectivity index (χ2n) is 4.04. The third kappa shape index (κ3) is 4.59. The first-order chi connectivity index (χ1) is 9.95. The fraction of sp³-hybridized carbons (Fsp3) is 0.0714. The summed E-state index contributed by atoms with van der Waals surface area (Å²) >= 11 is 13.0. The lowest BCUT2D eigenvalue weighted by molar-refractivity contribution is -0.113. The van der Waals surface area contributed by atoms with Crippen LogP contribution in [0.25, 0.3) is 0 Å². The van der Waals surface area contributed by atoms with Crippen molar-refractivity contribution in [3.05, 3.63) is 58.1 Å². The Balaban J connectivity index is 1.95. The van der Waals surface area contributed by atoms with Crippen molar-refractivity contribution in [2.45, 2.75) is 4.90 Å². The van der Waals surface area contributed by atoms with Crippen LogP contribution >= 0.6 is 35.0 Å². The van der Waals surface area contributed by atoms with E-state index in [1.807, 2.05) is 0 Å². The molecule has 0 aromatic heterocycles. The molecule has 0 atom stereocenters. The van der Waals surface area contributed by atoms with Gasteiger partial charge in [-0.2, -0.15) is 0 Å². The van der Waals surface area contributed by atoms with Crippen LogP contribution in [0.1, 0.15) is 0 Å². The van der Waals surface area contributed by atoms with Gasteiger partial charge < -0.3 is 5.32 Å². The predicted octanol–water partition coefficient (Wildman–Crippen LogP) is 5.00. The predicted molar refractivity (Wildman–Crippen MR) is 82.2 cm³/mol. The molecule has 0 fully saturated rings. The van der Waals surface area contributed by atoms with Crippen LogP contribution in [-0.4, -0.2) is 11.7 Å². The topological polar surface area (TPSA) is 29.1 Å². The minimum Gasteiger partial charge on any atom is -0.325 e. The molecule has 7 heteroatoms. The standard InChI is InChI=1S/C14H9Cl2F2NOS/c15-8-1-3-10(16)13(5-8)21-7-14(20)19-9-2-4-11(17)12(18)6-9/h1-6H,7H2,(H,19,20). The number of carbonyl (C=O) groups excluding carboxylic acids is 1. The molecule has 0 saturated carbocycles. The zero-order chi connectivity index (χ0) is 15.4. The molecular formula is C14H9Cl2F2NOS. The van der Waals surface area contributed by atoms with Crippen LogP contribution in [0.3, 0.4) is 0 Å². The van der Waals surface area contributed by atoms with E-state index in [0.717, 1.165) is 12.1 Å². The molecule has 1 amide bonds. The van der Waals surface area contributed by atoms with Crippen LogP contribution in [-0.2, 0) is 4.79 Å². The quantitative estimate of drug-likeness (QED) is 0.788. The summed E-state index contributed by atoms with van der Waals surface area (Å²) in [4.78, 5) is 12.4. The summed E-state index contributed by atoms with van der Waals surface area (Å²) in [6.45, 7) is 0. The lowest BCUT2D eigenvalue weighted by Crippen LogP contribution is -2.14. The number of hydrogen-bond donors (Lipinski definition) is 1. The second-order valence-corrected chi connectivity index (χ2v) is 5.90. The fourth-order valence-corrected chi connectivity index (χ4v) is 2.80. The van der Waals surface area contributed by atoms with Crippen molar-refractivity contribution >= 4 is 46.6 Å². The third-order valence-electron chi connectivity index (χ3n) is 2.46. The first kappa shape index (κ1) is 16.1. The molecule has 0 bridgehead atoms. The van der Waals surface area contributed by atoms with E-state index in [4.69, 9.17) is 23.2 Å². The monoisotopic (exact) mass is 347 g/mol. The number of amides is 1. The molecule has 2 aromatic carbocycles. The smallest absolute Gasteiger partial charge is 0.234 e. The molecule has 21 heavy (non-hydrogen) atoms. The average Bonchev–Trinajstić information content (AvgIpc) is 2.44. The van der Waals surface area contributed by atoms with E-state index in [1.165, 1.54) is 17.8 Å². The summed E-state index contributed by atoms with van der Waals surface area (Å²) in [5, 5.41) is 3.48. The molecule has 0 aliphatic heterocycles. The van der Waals surface area contributed by atoms with E-state index < -0.39 is 11.6 Å². The number of anilines is 1. The maximum absolute atomic E-state index is 13.0. The van der Waals surface area contributed by atoms with Crippen LogP contribution in [0.4, 0.5) is 14.5 Å². The maximum Gasteiger partial charge on any atom is 0.234 e. The van der Waals surface area contributed by atoms with Crippen molar-refractivity contribution < 1.29 is 13.6 Å². The normalized spacial score (nSPS) is 10.5. The van der Waals surface area contributed by atoms with Crippen LogP contribution in [0.15, 0.2) is 41.3 Å². The zero-order valence-corrected chi connectivity index (χ0v) is 12.8. The van der Waals surface area contributed by atoms with Gasteiger partial charge in [0, 0.05) is 21.7 Å². The van der Waals surface area contributed by atoms with E-state index in [0.29, 0.717) is 14.9 Å². The highest BCUT2D eigenvalue weighted by Gasteiger charge is 2.09. The van der Waals surface area contributed by atoms with Crippen molar-refractivity contribution in [1.82, 2.24) is 0 Å². The van der Waals surface area contributed by atoms with Gasteiger partial charge in [-0.1, -0.05) is 23.2 Å². The van der Waals surface area contributed by atoms with Crippen LogP contribution in [0.5, 0.6) is 0 Å². The summed E-state index contributed by atoms with van der Waals surface area (Å²) in [6, 6.07) is 8.09. The van der Waals surface area contributed by atoms with Gasteiger partial charge in [-0.3, -0.25) is 4.79 Å². The first-order valence-electron chi connectivity index (χ1n) is 5.78. The van der Waals surface area contributed by atoms with E-state index in [1.54, 1.807) is 18.2 Å². The molecule has 0 radical (unpaired) electrons. The Kier molecular flexibility index (Phi) is 5.45. The molecule has 0 spiro atoms. The highest BCUT2D eigenvalue weighted by atomic mass is 35.5. The van der Waals surface area contributed by atoms with Gasteiger partial charge in [0.25, 0.3) is 0 Å². The van der Waals surface area contributed by atoms with Crippen LogP contribution in [0.2, 0.25) is 10.0 Å². The summed E-state index contributed by atoms with van der Waals surface area (Å²) in [6.07, 6.45) is 0. The number of nitrogens with one attached hydrogen (secondary N) is 1. The largest absolute Gasteiger partial charge is 0.325 e. The maximum atomic E-state index is 13.0. The molecule has 0 aliphatic rings. The van der Waals surface area contributed by atoms with Gasteiger partial charge in [0.1, 0.15) is 0 Å². The number of carbonyl (C=O) groups is 1. The molecule has 0 unspecified atom stereocenters. The molecule has 0 saturated heterocycles. The van der Waals surface area contributed by atoms with Gasteiger partial charge in [0.15, 0.2) is 11.6 Å². The van der Waals surface area contributed by atoms with Gasteiger partial charge in [-0.15, -0.1) is 11.8 Å². The van der Waals surface area contributed by atoms with E-state index in [-0.39, 0.29) is 17.3 Å². The number of thioether (sulfide) groups is 1. The highest BCUT2D eigenvalue weighted by molar-refractivity contribution is 8.00. The molecule has 1 N–H and O–H groups in total.